The molecule has 3 heterocycles. The van der Waals surface area contributed by atoms with Crippen LogP contribution in [0.5, 0.6) is 0 Å². The maximum absolute atomic E-state index is 12.5. The molecule has 2 fully saturated rings. The SMILES string of the molecule is C[C@H]1CN(C(=O)CCCN2CCCC2=O)Cc2nnc(C3CC3)n21. The zero-order valence-corrected chi connectivity index (χ0v) is 14.3. The number of hydrogen-bond acceptors (Lipinski definition) is 4. The maximum atomic E-state index is 12.5. The molecule has 0 bridgehead atoms. The Morgan fingerprint density at radius 2 is 2.12 bits per heavy atom. The van der Waals surface area contributed by atoms with Crippen LogP contribution in [0.15, 0.2) is 0 Å². The molecule has 0 unspecified atom stereocenters. The van der Waals surface area contributed by atoms with E-state index >= 15 is 0 Å². The highest BCUT2D eigenvalue weighted by Gasteiger charge is 2.35. The van der Waals surface area contributed by atoms with Gasteiger partial charge in [0.25, 0.3) is 0 Å². The van der Waals surface area contributed by atoms with Crippen LogP contribution in [0.1, 0.15) is 69.1 Å². The first kappa shape index (κ1) is 15.6. The van der Waals surface area contributed by atoms with Gasteiger partial charge in [-0.25, -0.2) is 0 Å². The predicted octanol–water partition coefficient (Wildman–Crippen LogP) is 1.46. The minimum atomic E-state index is 0.163. The minimum Gasteiger partial charge on any atom is -0.343 e. The van der Waals surface area contributed by atoms with E-state index in [1.165, 1.54) is 12.8 Å². The maximum Gasteiger partial charge on any atom is 0.223 e. The standard InChI is InChI=1S/C17H25N5O2/c1-12-10-21(11-14-18-19-17(22(12)14)13-6-7-13)16(24)5-3-9-20-8-2-4-15(20)23/h12-13H,2-11H2,1H3/t12-/m0/s1. The lowest BCUT2D eigenvalue weighted by atomic mass is 10.2. The second-order valence-electron chi connectivity index (χ2n) is 7.33. The van der Waals surface area contributed by atoms with E-state index in [0.29, 0.717) is 31.8 Å². The van der Waals surface area contributed by atoms with Gasteiger partial charge in [0.05, 0.1) is 12.6 Å². The molecule has 7 nitrogen and oxygen atoms in total. The van der Waals surface area contributed by atoms with Crippen molar-refractivity contribution in [3.63, 3.8) is 0 Å². The molecule has 4 rings (SSSR count). The van der Waals surface area contributed by atoms with E-state index in [0.717, 1.165) is 37.6 Å². The predicted molar refractivity (Wildman–Crippen MR) is 87.2 cm³/mol. The Balaban J connectivity index is 1.33. The van der Waals surface area contributed by atoms with Crippen molar-refractivity contribution in [2.75, 3.05) is 19.6 Å². The van der Waals surface area contributed by atoms with Gasteiger partial charge in [0.1, 0.15) is 5.82 Å². The van der Waals surface area contributed by atoms with Gasteiger partial charge in [-0.15, -0.1) is 10.2 Å². The largest absolute Gasteiger partial charge is 0.343 e. The summed E-state index contributed by atoms with van der Waals surface area (Å²) in [4.78, 5) is 27.9. The Labute approximate surface area is 142 Å². The van der Waals surface area contributed by atoms with Crippen molar-refractivity contribution >= 4 is 11.8 Å². The van der Waals surface area contributed by atoms with Crippen molar-refractivity contribution in [3.8, 4) is 0 Å². The molecular formula is C17H25N5O2. The highest BCUT2D eigenvalue weighted by molar-refractivity contribution is 5.78. The number of likely N-dealkylation sites (tertiary alicyclic amines) is 1. The number of nitrogens with zero attached hydrogens (tertiary/aromatic N) is 5. The Kier molecular flexibility index (Phi) is 4.02. The average molecular weight is 331 g/mol. The van der Waals surface area contributed by atoms with Crippen LogP contribution in [0, 0.1) is 0 Å². The summed E-state index contributed by atoms with van der Waals surface area (Å²) >= 11 is 0. The van der Waals surface area contributed by atoms with E-state index in [4.69, 9.17) is 0 Å². The summed E-state index contributed by atoms with van der Waals surface area (Å²) in [5.74, 6) is 3.00. The Morgan fingerprint density at radius 3 is 2.83 bits per heavy atom. The number of hydrogen-bond donors (Lipinski definition) is 0. The van der Waals surface area contributed by atoms with E-state index in [2.05, 4.69) is 21.7 Å². The third kappa shape index (κ3) is 2.91. The van der Waals surface area contributed by atoms with Crippen LogP contribution >= 0.6 is 0 Å². The molecule has 3 aliphatic rings. The van der Waals surface area contributed by atoms with E-state index in [-0.39, 0.29) is 17.9 Å². The summed E-state index contributed by atoms with van der Waals surface area (Å²) < 4.78 is 2.24. The molecule has 0 spiro atoms. The second-order valence-corrected chi connectivity index (χ2v) is 7.33. The number of rotatable bonds is 5. The third-order valence-corrected chi connectivity index (χ3v) is 5.34. The lowest BCUT2D eigenvalue weighted by Crippen LogP contribution is -2.41. The smallest absolute Gasteiger partial charge is 0.223 e. The van der Waals surface area contributed by atoms with Crippen molar-refractivity contribution in [1.29, 1.82) is 0 Å². The van der Waals surface area contributed by atoms with E-state index in [1.807, 2.05) is 9.80 Å². The number of fused-ring (bicyclic) bond motifs is 1. The molecule has 7 heteroatoms. The molecule has 0 aromatic carbocycles. The van der Waals surface area contributed by atoms with Crippen molar-refractivity contribution < 1.29 is 9.59 Å². The molecule has 1 saturated carbocycles. The fourth-order valence-corrected chi connectivity index (χ4v) is 3.89. The minimum absolute atomic E-state index is 0.163. The summed E-state index contributed by atoms with van der Waals surface area (Å²) in [7, 11) is 0. The molecule has 1 aliphatic carbocycles. The summed E-state index contributed by atoms with van der Waals surface area (Å²) in [5.41, 5.74) is 0. The Bertz CT molecular complexity index is 651. The van der Waals surface area contributed by atoms with Gasteiger partial charge < -0.3 is 14.4 Å². The van der Waals surface area contributed by atoms with Crippen LogP contribution in [-0.4, -0.2) is 56.0 Å². The van der Waals surface area contributed by atoms with Crippen LogP contribution in [0.25, 0.3) is 0 Å². The van der Waals surface area contributed by atoms with Crippen LogP contribution in [-0.2, 0) is 16.1 Å². The van der Waals surface area contributed by atoms with E-state index in [1.54, 1.807) is 0 Å². The fourth-order valence-electron chi connectivity index (χ4n) is 3.89. The molecule has 0 radical (unpaired) electrons. The summed E-state index contributed by atoms with van der Waals surface area (Å²) in [6.45, 7) is 4.98. The lowest BCUT2D eigenvalue weighted by Gasteiger charge is -2.33. The first-order chi connectivity index (χ1) is 11.6. The van der Waals surface area contributed by atoms with Crippen LogP contribution < -0.4 is 0 Å². The van der Waals surface area contributed by atoms with Gasteiger partial charge in [-0.1, -0.05) is 0 Å². The van der Waals surface area contributed by atoms with Crippen LogP contribution in [0.3, 0.4) is 0 Å². The molecule has 130 valence electrons. The van der Waals surface area contributed by atoms with Gasteiger partial charge in [-0.3, -0.25) is 9.59 Å². The summed E-state index contributed by atoms with van der Waals surface area (Å²) in [5, 5.41) is 8.68. The fraction of sp³-hybridized carbons (Fsp3) is 0.765. The molecular weight excluding hydrogens is 306 g/mol. The molecule has 0 N–H and O–H groups in total. The van der Waals surface area contributed by atoms with Gasteiger partial charge in [0.15, 0.2) is 5.82 Å². The third-order valence-electron chi connectivity index (χ3n) is 5.34. The normalized spacial score (nSPS) is 23.7. The second kappa shape index (κ2) is 6.18. The molecule has 2 amide bonds. The van der Waals surface area contributed by atoms with Gasteiger partial charge in [0, 0.05) is 38.4 Å². The first-order valence-corrected chi connectivity index (χ1v) is 9.12. The molecule has 1 saturated heterocycles. The topological polar surface area (TPSA) is 71.3 Å². The first-order valence-electron chi connectivity index (χ1n) is 9.12. The summed E-state index contributed by atoms with van der Waals surface area (Å²) in [6.07, 6.45) is 5.28. The van der Waals surface area contributed by atoms with Crippen molar-refractivity contribution in [2.24, 2.45) is 0 Å². The molecule has 1 aromatic rings. The van der Waals surface area contributed by atoms with E-state index in [9.17, 15) is 9.59 Å². The van der Waals surface area contributed by atoms with Gasteiger partial charge in [-0.05, 0) is 32.6 Å². The monoisotopic (exact) mass is 331 g/mol. The Hall–Kier alpha value is -1.92. The summed E-state index contributed by atoms with van der Waals surface area (Å²) in [6, 6.07) is 0.239. The molecule has 1 atom stereocenters. The molecule has 24 heavy (non-hydrogen) atoms. The zero-order valence-electron chi connectivity index (χ0n) is 14.3. The zero-order chi connectivity index (χ0) is 16.7. The Morgan fingerprint density at radius 1 is 1.29 bits per heavy atom. The van der Waals surface area contributed by atoms with Gasteiger partial charge in [0.2, 0.25) is 11.8 Å². The number of carbonyl (C=O) groups is 2. The quantitative estimate of drug-likeness (QED) is 0.819. The molecule has 2 aliphatic heterocycles. The van der Waals surface area contributed by atoms with Gasteiger partial charge in [-0.2, -0.15) is 0 Å². The van der Waals surface area contributed by atoms with Crippen LogP contribution in [0.4, 0.5) is 0 Å². The van der Waals surface area contributed by atoms with Crippen molar-refractivity contribution in [3.05, 3.63) is 11.6 Å². The number of carbonyl (C=O) groups excluding carboxylic acids is 2. The van der Waals surface area contributed by atoms with Crippen molar-refractivity contribution in [2.45, 2.75) is 64.0 Å². The number of aromatic nitrogens is 3. The van der Waals surface area contributed by atoms with Gasteiger partial charge >= 0.3 is 0 Å². The lowest BCUT2D eigenvalue weighted by molar-refractivity contribution is -0.134. The van der Waals surface area contributed by atoms with E-state index < -0.39 is 0 Å². The number of amides is 2. The highest BCUT2D eigenvalue weighted by atomic mass is 16.2. The highest BCUT2D eigenvalue weighted by Crippen LogP contribution is 2.41. The van der Waals surface area contributed by atoms with Crippen molar-refractivity contribution in [1.82, 2.24) is 24.6 Å². The average Bonchev–Trinajstić information content (AvgIpc) is 3.19. The van der Waals surface area contributed by atoms with Crippen LogP contribution in [0.2, 0.25) is 0 Å². The molecule has 1 aromatic heterocycles.